The molecule has 2 aromatic rings. The van der Waals surface area contributed by atoms with Crippen molar-refractivity contribution in [1.82, 2.24) is 15.3 Å². The minimum atomic E-state index is -0.116. The van der Waals surface area contributed by atoms with E-state index in [-0.39, 0.29) is 6.10 Å². The van der Waals surface area contributed by atoms with Crippen LogP contribution < -0.4 is 5.32 Å². The van der Waals surface area contributed by atoms with Gasteiger partial charge in [-0.1, -0.05) is 6.42 Å². The van der Waals surface area contributed by atoms with Gasteiger partial charge >= 0.3 is 0 Å². The van der Waals surface area contributed by atoms with Crippen molar-refractivity contribution in [2.75, 3.05) is 6.54 Å². The minimum absolute atomic E-state index is 0.116. The Morgan fingerprint density at radius 1 is 1.35 bits per heavy atom. The van der Waals surface area contributed by atoms with Crippen molar-refractivity contribution >= 4 is 11.3 Å². The Bertz CT molecular complexity index is 543. The van der Waals surface area contributed by atoms with Gasteiger partial charge in [-0.3, -0.25) is 4.98 Å². The van der Waals surface area contributed by atoms with E-state index in [2.05, 4.69) is 15.3 Å². The Morgan fingerprint density at radius 2 is 2.30 bits per heavy atom. The van der Waals surface area contributed by atoms with Gasteiger partial charge in [0.2, 0.25) is 0 Å². The molecular formula is C15H19N3OS. The lowest BCUT2D eigenvalue weighted by Crippen LogP contribution is -2.27. The molecule has 1 fully saturated rings. The molecule has 3 rings (SSSR count). The summed E-state index contributed by atoms with van der Waals surface area (Å²) < 4.78 is 0. The Balaban J connectivity index is 1.53. The number of hydrogen-bond acceptors (Lipinski definition) is 5. The zero-order chi connectivity index (χ0) is 13.8. The second kappa shape index (κ2) is 6.43. The summed E-state index contributed by atoms with van der Waals surface area (Å²) in [6.07, 6.45) is 8.66. The van der Waals surface area contributed by atoms with Crippen molar-refractivity contribution in [3.8, 4) is 10.6 Å². The van der Waals surface area contributed by atoms with Crippen LogP contribution in [0.1, 0.15) is 24.1 Å². The highest BCUT2D eigenvalue weighted by atomic mass is 32.1. The molecule has 0 spiro atoms. The minimum Gasteiger partial charge on any atom is -0.393 e. The Morgan fingerprint density at radius 3 is 3.05 bits per heavy atom. The van der Waals surface area contributed by atoms with Gasteiger partial charge in [-0.15, -0.1) is 11.3 Å². The molecule has 0 bridgehead atoms. The fraction of sp³-hybridized carbons (Fsp3) is 0.467. The number of pyridine rings is 1. The number of aliphatic hydroxyl groups is 1. The first-order valence-electron chi connectivity index (χ1n) is 7.07. The number of thiazole rings is 1. The van der Waals surface area contributed by atoms with E-state index in [1.165, 1.54) is 4.88 Å². The van der Waals surface area contributed by atoms with E-state index < -0.39 is 0 Å². The van der Waals surface area contributed by atoms with E-state index in [0.29, 0.717) is 5.92 Å². The van der Waals surface area contributed by atoms with Crippen LogP contribution in [0, 0.1) is 5.92 Å². The molecule has 1 saturated carbocycles. The van der Waals surface area contributed by atoms with Crippen LogP contribution in [0.25, 0.3) is 10.6 Å². The highest BCUT2D eigenvalue weighted by Crippen LogP contribution is 2.26. The largest absolute Gasteiger partial charge is 0.393 e. The maximum absolute atomic E-state index is 9.78. The Labute approximate surface area is 122 Å². The molecule has 2 unspecified atom stereocenters. The number of aromatic nitrogens is 2. The summed E-state index contributed by atoms with van der Waals surface area (Å²) >= 11 is 1.69. The fourth-order valence-corrected chi connectivity index (χ4v) is 3.52. The fourth-order valence-electron chi connectivity index (χ4n) is 2.65. The molecule has 0 radical (unpaired) electrons. The molecular weight excluding hydrogens is 270 g/mol. The van der Waals surface area contributed by atoms with E-state index >= 15 is 0 Å². The number of nitrogens with zero attached hydrogens (tertiary/aromatic N) is 2. The van der Waals surface area contributed by atoms with Gasteiger partial charge in [-0.25, -0.2) is 4.98 Å². The maximum Gasteiger partial charge on any atom is 0.125 e. The third-order valence-corrected chi connectivity index (χ3v) is 4.83. The number of aliphatic hydroxyl groups excluding tert-OH is 1. The highest BCUT2D eigenvalue weighted by Gasteiger charge is 2.24. The van der Waals surface area contributed by atoms with Crippen molar-refractivity contribution < 1.29 is 5.11 Å². The molecule has 1 aliphatic carbocycles. The third-order valence-electron chi connectivity index (χ3n) is 3.79. The van der Waals surface area contributed by atoms with Crippen LogP contribution in [-0.2, 0) is 6.54 Å². The normalized spacial score (nSPS) is 22.2. The summed E-state index contributed by atoms with van der Waals surface area (Å²) in [6, 6.07) is 3.95. The van der Waals surface area contributed by atoms with Crippen LogP contribution >= 0.6 is 11.3 Å². The van der Waals surface area contributed by atoms with Gasteiger partial charge in [0.25, 0.3) is 0 Å². The van der Waals surface area contributed by atoms with Crippen LogP contribution in [0.15, 0.2) is 30.7 Å². The molecule has 2 N–H and O–H groups in total. The monoisotopic (exact) mass is 289 g/mol. The molecule has 2 heterocycles. The van der Waals surface area contributed by atoms with E-state index in [1.54, 1.807) is 17.5 Å². The van der Waals surface area contributed by atoms with Crippen molar-refractivity contribution in [3.05, 3.63) is 35.6 Å². The number of rotatable bonds is 5. The van der Waals surface area contributed by atoms with Crippen molar-refractivity contribution in [1.29, 1.82) is 0 Å². The van der Waals surface area contributed by atoms with Crippen molar-refractivity contribution in [3.63, 3.8) is 0 Å². The average molecular weight is 289 g/mol. The second-order valence-electron chi connectivity index (χ2n) is 5.26. The first-order chi connectivity index (χ1) is 9.83. The van der Waals surface area contributed by atoms with Crippen LogP contribution in [0.5, 0.6) is 0 Å². The summed E-state index contributed by atoms with van der Waals surface area (Å²) in [5, 5.41) is 14.2. The van der Waals surface area contributed by atoms with Gasteiger partial charge in [0.1, 0.15) is 5.01 Å². The first-order valence-corrected chi connectivity index (χ1v) is 7.88. The van der Waals surface area contributed by atoms with Crippen LogP contribution in [0.2, 0.25) is 0 Å². The van der Waals surface area contributed by atoms with Crippen LogP contribution in [0.3, 0.4) is 0 Å². The van der Waals surface area contributed by atoms with Gasteiger partial charge in [0.15, 0.2) is 0 Å². The molecule has 2 atom stereocenters. The van der Waals surface area contributed by atoms with Gasteiger partial charge in [-0.2, -0.15) is 0 Å². The number of nitrogens with one attached hydrogen (secondary N) is 1. The maximum atomic E-state index is 9.78. The quantitative estimate of drug-likeness (QED) is 0.887. The lowest BCUT2D eigenvalue weighted by atomic mass is 10.1. The van der Waals surface area contributed by atoms with Gasteiger partial charge in [0.05, 0.1) is 6.10 Å². The predicted octanol–water partition coefficient (Wildman–Crippen LogP) is 2.46. The molecule has 0 aromatic carbocycles. The van der Waals surface area contributed by atoms with Gasteiger partial charge < -0.3 is 10.4 Å². The predicted molar refractivity (Wildman–Crippen MR) is 80.4 cm³/mol. The summed E-state index contributed by atoms with van der Waals surface area (Å²) in [5.41, 5.74) is 1.06. The van der Waals surface area contributed by atoms with Gasteiger partial charge in [0, 0.05) is 42.1 Å². The summed E-state index contributed by atoms with van der Waals surface area (Å²) in [5.74, 6) is 0.417. The third kappa shape index (κ3) is 3.23. The average Bonchev–Trinajstić information content (AvgIpc) is 3.10. The molecule has 0 aliphatic heterocycles. The lowest BCUT2D eigenvalue weighted by molar-refractivity contribution is 0.131. The molecule has 20 heavy (non-hydrogen) atoms. The van der Waals surface area contributed by atoms with E-state index in [9.17, 15) is 5.11 Å². The second-order valence-corrected chi connectivity index (χ2v) is 6.38. The van der Waals surface area contributed by atoms with E-state index in [4.69, 9.17) is 0 Å². The van der Waals surface area contributed by atoms with E-state index in [1.807, 2.05) is 24.5 Å². The van der Waals surface area contributed by atoms with Gasteiger partial charge in [-0.05, 0) is 30.9 Å². The lowest BCUT2D eigenvalue weighted by Gasteiger charge is -2.14. The molecule has 2 aromatic heterocycles. The van der Waals surface area contributed by atoms with Crippen LogP contribution in [-0.4, -0.2) is 27.7 Å². The summed E-state index contributed by atoms with van der Waals surface area (Å²) in [4.78, 5) is 9.78. The standard InChI is InChI=1S/C15H19N3OS/c19-14-5-1-3-11(14)7-17-9-13-10-18-15(20-13)12-4-2-6-16-8-12/h2,4,6,8,10-11,14,17,19H,1,3,5,7,9H2. The summed E-state index contributed by atoms with van der Waals surface area (Å²) in [7, 11) is 0. The SMILES string of the molecule is OC1CCCC1CNCc1cnc(-c2cccnc2)s1. The zero-order valence-electron chi connectivity index (χ0n) is 11.3. The molecule has 0 amide bonds. The molecule has 1 aliphatic rings. The molecule has 106 valence electrons. The molecule has 5 heteroatoms. The molecule has 0 saturated heterocycles. The topological polar surface area (TPSA) is 58.0 Å². The first kappa shape index (κ1) is 13.7. The zero-order valence-corrected chi connectivity index (χ0v) is 12.1. The van der Waals surface area contributed by atoms with E-state index in [0.717, 1.165) is 42.9 Å². The Kier molecular flexibility index (Phi) is 4.40. The summed E-state index contributed by atoms with van der Waals surface area (Å²) in [6.45, 7) is 1.71. The van der Waals surface area contributed by atoms with Crippen molar-refractivity contribution in [2.24, 2.45) is 5.92 Å². The highest BCUT2D eigenvalue weighted by molar-refractivity contribution is 7.15. The smallest absolute Gasteiger partial charge is 0.125 e. The molecule has 4 nitrogen and oxygen atoms in total. The Hall–Kier alpha value is -1.30. The van der Waals surface area contributed by atoms with Crippen molar-refractivity contribution in [2.45, 2.75) is 31.9 Å². The van der Waals surface area contributed by atoms with Crippen LogP contribution in [0.4, 0.5) is 0 Å². The number of hydrogen-bond donors (Lipinski definition) is 2.